The molecule has 2 fully saturated rings. The maximum absolute atomic E-state index is 11.7. The third-order valence-corrected chi connectivity index (χ3v) is 4.65. The molecule has 0 radical (unpaired) electrons. The molecule has 0 saturated carbocycles. The van der Waals surface area contributed by atoms with Crippen molar-refractivity contribution < 1.29 is 22.7 Å². The SMILES string of the molecule is CC(C)(C)OC(=O)N[C@@H]1C(=O)N[C@@H]1CN1CCNS1(=O)=O. The van der Waals surface area contributed by atoms with Crippen LogP contribution in [0.25, 0.3) is 0 Å². The zero-order valence-corrected chi connectivity index (χ0v) is 13.0. The van der Waals surface area contributed by atoms with E-state index in [9.17, 15) is 18.0 Å². The third-order valence-electron chi connectivity index (χ3n) is 3.07. The second-order valence-corrected chi connectivity index (χ2v) is 7.75. The van der Waals surface area contributed by atoms with E-state index in [2.05, 4.69) is 15.4 Å². The molecule has 0 aromatic heterocycles. The maximum atomic E-state index is 11.7. The fraction of sp³-hybridized carbons (Fsp3) is 0.818. The fourth-order valence-electron chi connectivity index (χ4n) is 2.11. The van der Waals surface area contributed by atoms with Crippen LogP contribution in [-0.2, 0) is 19.7 Å². The Hall–Kier alpha value is -1.39. The van der Waals surface area contributed by atoms with Gasteiger partial charge < -0.3 is 15.4 Å². The van der Waals surface area contributed by atoms with Crippen molar-refractivity contribution in [3.05, 3.63) is 0 Å². The molecule has 2 aliphatic heterocycles. The number of amides is 2. The third kappa shape index (κ3) is 3.83. The van der Waals surface area contributed by atoms with Crippen molar-refractivity contribution in [1.29, 1.82) is 0 Å². The van der Waals surface area contributed by atoms with E-state index < -0.39 is 34.0 Å². The van der Waals surface area contributed by atoms with Gasteiger partial charge in [0.25, 0.3) is 10.2 Å². The van der Waals surface area contributed by atoms with Gasteiger partial charge in [-0.15, -0.1) is 0 Å². The Morgan fingerprint density at radius 3 is 2.62 bits per heavy atom. The number of rotatable bonds is 3. The van der Waals surface area contributed by atoms with Crippen LogP contribution in [0.15, 0.2) is 0 Å². The molecule has 0 aromatic rings. The standard InChI is InChI=1S/C11H20N4O5S/c1-11(2,3)20-10(17)14-8-7(13-9(8)16)6-15-5-4-12-21(15,18)19/h7-8,12H,4-6H2,1-3H3,(H,13,16)(H,14,17)/t7-,8+/m1/s1. The summed E-state index contributed by atoms with van der Waals surface area (Å²) in [6.45, 7) is 5.94. The summed E-state index contributed by atoms with van der Waals surface area (Å²) in [6.07, 6.45) is -0.699. The molecule has 2 saturated heterocycles. The van der Waals surface area contributed by atoms with Crippen LogP contribution < -0.4 is 15.4 Å². The van der Waals surface area contributed by atoms with Crippen LogP contribution in [0.5, 0.6) is 0 Å². The average Bonchev–Trinajstić information content (AvgIpc) is 2.63. The number of alkyl carbamates (subject to hydrolysis) is 1. The molecule has 2 rings (SSSR count). The summed E-state index contributed by atoms with van der Waals surface area (Å²) in [4.78, 5) is 23.2. The zero-order valence-electron chi connectivity index (χ0n) is 12.2. The van der Waals surface area contributed by atoms with Gasteiger partial charge in [-0.25, -0.2) is 9.52 Å². The minimum absolute atomic E-state index is 0.113. The Labute approximate surface area is 123 Å². The van der Waals surface area contributed by atoms with Gasteiger partial charge in [0, 0.05) is 19.6 Å². The maximum Gasteiger partial charge on any atom is 0.408 e. The number of nitrogens with one attached hydrogen (secondary N) is 3. The summed E-state index contributed by atoms with van der Waals surface area (Å²) in [5, 5.41) is 5.04. The van der Waals surface area contributed by atoms with Crippen molar-refractivity contribution in [2.24, 2.45) is 0 Å². The van der Waals surface area contributed by atoms with E-state index in [-0.39, 0.29) is 12.5 Å². The lowest BCUT2D eigenvalue weighted by atomic mass is 9.99. The number of carbonyl (C=O) groups is 2. The number of carbonyl (C=O) groups excluding carboxylic acids is 2. The van der Waals surface area contributed by atoms with E-state index >= 15 is 0 Å². The number of ether oxygens (including phenoxy) is 1. The van der Waals surface area contributed by atoms with Crippen molar-refractivity contribution in [3.8, 4) is 0 Å². The van der Waals surface area contributed by atoms with E-state index in [4.69, 9.17) is 4.74 Å². The Balaban J connectivity index is 1.91. The summed E-state index contributed by atoms with van der Waals surface area (Å²) in [5.41, 5.74) is -0.665. The lowest BCUT2D eigenvalue weighted by Crippen LogP contribution is -2.72. The number of hydrogen-bond donors (Lipinski definition) is 3. The van der Waals surface area contributed by atoms with Crippen LogP contribution in [0.3, 0.4) is 0 Å². The molecule has 3 N–H and O–H groups in total. The molecular weight excluding hydrogens is 300 g/mol. The minimum atomic E-state index is -3.47. The van der Waals surface area contributed by atoms with Crippen LogP contribution in [0.4, 0.5) is 4.79 Å². The van der Waals surface area contributed by atoms with Gasteiger partial charge in [-0.3, -0.25) is 4.79 Å². The predicted molar refractivity (Wildman–Crippen MR) is 73.6 cm³/mol. The minimum Gasteiger partial charge on any atom is -0.444 e. The lowest BCUT2D eigenvalue weighted by molar-refractivity contribution is -0.131. The molecule has 120 valence electrons. The molecule has 0 aromatic carbocycles. The second-order valence-electron chi connectivity index (χ2n) is 6.00. The Bertz CT molecular complexity index is 541. The van der Waals surface area contributed by atoms with Gasteiger partial charge in [0.15, 0.2) is 0 Å². The molecule has 0 unspecified atom stereocenters. The van der Waals surface area contributed by atoms with Gasteiger partial charge in [-0.2, -0.15) is 12.7 Å². The van der Waals surface area contributed by atoms with Gasteiger partial charge in [0.05, 0.1) is 6.04 Å². The Kier molecular flexibility index (Phi) is 4.13. The summed E-state index contributed by atoms with van der Waals surface area (Å²) in [7, 11) is -3.47. The molecule has 2 heterocycles. The first-order valence-corrected chi connectivity index (χ1v) is 8.07. The van der Waals surface area contributed by atoms with Crippen molar-refractivity contribution in [1.82, 2.24) is 19.7 Å². The van der Waals surface area contributed by atoms with Crippen LogP contribution in [-0.4, -0.2) is 62.0 Å². The van der Waals surface area contributed by atoms with Crippen molar-refractivity contribution in [2.45, 2.75) is 38.5 Å². The average molecular weight is 320 g/mol. The molecule has 2 atom stereocenters. The molecule has 0 spiro atoms. The van der Waals surface area contributed by atoms with Gasteiger partial charge in [0.1, 0.15) is 11.6 Å². The lowest BCUT2D eigenvalue weighted by Gasteiger charge is -2.38. The fourth-order valence-corrected chi connectivity index (χ4v) is 3.33. The highest BCUT2D eigenvalue weighted by Crippen LogP contribution is 2.14. The smallest absolute Gasteiger partial charge is 0.408 e. The first-order valence-electron chi connectivity index (χ1n) is 6.63. The molecule has 21 heavy (non-hydrogen) atoms. The van der Waals surface area contributed by atoms with Gasteiger partial charge in [-0.05, 0) is 20.8 Å². The first-order chi connectivity index (χ1) is 9.58. The molecule has 0 aliphatic carbocycles. The highest BCUT2D eigenvalue weighted by atomic mass is 32.2. The van der Waals surface area contributed by atoms with Gasteiger partial charge in [0.2, 0.25) is 5.91 Å². The van der Waals surface area contributed by atoms with Crippen LogP contribution in [0.1, 0.15) is 20.8 Å². The van der Waals surface area contributed by atoms with Crippen LogP contribution in [0, 0.1) is 0 Å². The quantitative estimate of drug-likeness (QED) is 0.549. The van der Waals surface area contributed by atoms with Crippen molar-refractivity contribution in [3.63, 3.8) is 0 Å². The van der Waals surface area contributed by atoms with E-state index in [1.54, 1.807) is 20.8 Å². The molecule has 0 bridgehead atoms. The summed E-state index contributed by atoms with van der Waals surface area (Å²) in [6, 6.07) is -1.24. The molecule has 2 amide bonds. The topological polar surface area (TPSA) is 117 Å². The van der Waals surface area contributed by atoms with Crippen molar-refractivity contribution >= 4 is 22.2 Å². The van der Waals surface area contributed by atoms with E-state index in [0.29, 0.717) is 13.1 Å². The Morgan fingerprint density at radius 2 is 2.14 bits per heavy atom. The van der Waals surface area contributed by atoms with E-state index in [1.807, 2.05) is 0 Å². The number of hydrogen-bond acceptors (Lipinski definition) is 5. The monoisotopic (exact) mass is 320 g/mol. The van der Waals surface area contributed by atoms with Gasteiger partial charge in [-0.1, -0.05) is 0 Å². The molecule has 10 heteroatoms. The summed E-state index contributed by atoms with van der Waals surface area (Å²) >= 11 is 0. The number of nitrogens with zero attached hydrogens (tertiary/aromatic N) is 1. The number of β-lactam (4-membered cyclic amide) rings is 1. The second kappa shape index (κ2) is 5.43. The summed E-state index contributed by atoms with van der Waals surface area (Å²) in [5.74, 6) is -0.351. The molecule has 2 aliphatic rings. The molecular formula is C11H20N4O5S. The molecule has 9 nitrogen and oxygen atoms in total. The van der Waals surface area contributed by atoms with E-state index in [1.165, 1.54) is 4.31 Å². The zero-order chi connectivity index (χ0) is 15.8. The normalized spacial score (nSPS) is 28.6. The Morgan fingerprint density at radius 1 is 1.48 bits per heavy atom. The predicted octanol–water partition coefficient (Wildman–Crippen LogP) is -1.47. The van der Waals surface area contributed by atoms with Crippen LogP contribution >= 0.6 is 0 Å². The van der Waals surface area contributed by atoms with Crippen molar-refractivity contribution in [2.75, 3.05) is 19.6 Å². The highest BCUT2D eigenvalue weighted by molar-refractivity contribution is 7.87. The largest absolute Gasteiger partial charge is 0.444 e. The van der Waals surface area contributed by atoms with E-state index in [0.717, 1.165) is 0 Å². The van der Waals surface area contributed by atoms with Crippen LogP contribution in [0.2, 0.25) is 0 Å². The highest BCUT2D eigenvalue weighted by Gasteiger charge is 2.44. The summed E-state index contributed by atoms with van der Waals surface area (Å²) < 4.78 is 31.9. The first kappa shape index (κ1) is 16.0. The van der Waals surface area contributed by atoms with Gasteiger partial charge >= 0.3 is 6.09 Å².